The molecule has 0 saturated heterocycles. The standard InChI is InChI=1S/C3H4N2.BH2O2.K.H2O.H/c1-2-5-3-4-1;2-1-3;;;/h1-3H,(H,4,5);2-3H;;1H2;/q;;+1;;-1. The summed E-state index contributed by atoms with van der Waals surface area (Å²) in [6.45, 7) is 0. The van der Waals surface area contributed by atoms with Crippen molar-refractivity contribution in [2.45, 2.75) is 0 Å². The second-order valence-corrected chi connectivity index (χ2v) is 0.876. The molecule has 1 aromatic rings. The summed E-state index contributed by atoms with van der Waals surface area (Å²) in [5.41, 5.74) is 0. The summed E-state index contributed by atoms with van der Waals surface area (Å²) < 4.78 is 0. The summed E-state index contributed by atoms with van der Waals surface area (Å²) in [5.74, 6) is 0. The van der Waals surface area contributed by atoms with Crippen molar-refractivity contribution in [3.8, 4) is 0 Å². The van der Waals surface area contributed by atoms with Gasteiger partial charge in [0.1, 0.15) is 0 Å². The molecule has 0 atom stereocenters. The largest absolute Gasteiger partial charge is 1.00 e. The number of imidazole rings is 1. The average Bonchev–Trinajstić information content (AvgIpc) is 2.17. The Balaban J connectivity index is -0.0000000379. The quantitative estimate of drug-likeness (QED) is 0.341. The first-order valence-electron chi connectivity index (χ1n) is 1.94. The van der Waals surface area contributed by atoms with Crippen molar-refractivity contribution >= 4 is 7.69 Å². The molecular formula is C3H9BKN2O3. The van der Waals surface area contributed by atoms with E-state index < -0.39 is 0 Å². The van der Waals surface area contributed by atoms with E-state index in [2.05, 4.69) is 9.97 Å². The van der Waals surface area contributed by atoms with Crippen LogP contribution in [0.4, 0.5) is 0 Å². The Bertz CT molecular complexity index is 93.5. The Morgan fingerprint density at radius 3 is 2.10 bits per heavy atom. The Kier molecular flexibility index (Phi) is 28.0. The van der Waals surface area contributed by atoms with Crippen LogP contribution in [0.3, 0.4) is 0 Å². The van der Waals surface area contributed by atoms with Gasteiger partial charge in [-0.1, -0.05) is 0 Å². The van der Waals surface area contributed by atoms with Crippen molar-refractivity contribution in [1.29, 1.82) is 0 Å². The van der Waals surface area contributed by atoms with Gasteiger partial charge in [-0.25, -0.2) is 4.98 Å². The molecule has 0 aliphatic carbocycles. The number of aromatic nitrogens is 2. The Morgan fingerprint density at radius 1 is 1.50 bits per heavy atom. The van der Waals surface area contributed by atoms with Crippen molar-refractivity contribution in [2.24, 2.45) is 0 Å². The Hall–Kier alpha value is 0.791. The molecular weight excluding hydrogens is 162 g/mol. The predicted molar refractivity (Wildman–Crippen MR) is 33.5 cm³/mol. The predicted octanol–water partition coefficient (Wildman–Crippen LogP) is -4.79. The zero-order valence-corrected chi connectivity index (χ0v) is 8.77. The van der Waals surface area contributed by atoms with Gasteiger partial charge in [-0.2, -0.15) is 0 Å². The SMILES string of the molecule is O.O[B]O.[H-].[K+].c1c[nH]cn1. The van der Waals surface area contributed by atoms with E-state index in [9.17, 15) is 0 Å². The summed E-state index contributed by atoms with van der Waals surface area (Å²) >= 11 is 0. The maximum absolute atomic E-state index is 7.00. The number of hydrogen-bond acceptors (Lipinski definition) is 3. The first-order valence-corrected chi connectivity index (χ1v) is 1.94. The van der Waals surface area contributed by atoms with Crippen molar-refractivity contribution in [2.75, 3.05) is 0 Å². The number of nitrogens with one attached hydrogen (secondary N) is 1. The van der Waals surface area contributed by atoms with Gasteiger partial charge in [0, 0.05) is 12.4 Å². The van der Waals surface area contributed by atoms with Crippen molar-refractivity contribution in [1.82, 2.24) is 9.97 Å². The molecule has 1 radical (unpaired) electrons. The zero-order chi connectivity index (χ0) is 6.24. The Morgan fingerprint density at radius 2 is 2.00 bits per heavy atom. The molecule has 0 aromatic carbocycles. The topological polar surface area (TPSA) is 101 Å². The van der Waals surface area contributed by atoms with E-state index in [1.165, 1.54) is 0 Å². The fraction of sp³-hybridized carbons (Fsp3) is 0. The van der Waals surface area contributed by atoms with Crippen molar-refractivity contribution in [3.63, 3.8) is 0 Å². The van der Waals surface area contributed by atoms with Gasteiger partial charge in [-0.3, -0.25) is 0 Å². The minimum Gasteiger partial charge on any atom is -1.00 e. The summed E-state index contributed by atoms with van der Waals surface area (Å²) in [4.78, 5) is 6.42. The van der Waals surface area contributed by atoms with Crippen LogP contribution in [0.15, 0.2) is 18.7 Å². The third kappa shape index (κ3) is 15.9. The molecule has 1 aromatic heterocycles. The molecule has 0 spiro atoms. The molecule has 0 amide bonds. The number of H-pyrrole nitrogens is 1. The molecule has 0 aliphatic heterocycles. The van der Waals surface area contributed by atoms with Gasteiger partial charge in [-0.05, 0) is 0 Å². The van der Waals surface area contributed by atoms with Gasteiger partial charge in [0.25, 0.3) is 0 Å². The first kappa shape index (κ1) is 17.0. The van der Waals surface area contributed by atoms with Gasteiger partial charge >= 0.3 is 59.1 Å². The minimum absolute atomic E-state index is 0. The minimum atomic E-state index is 0. The molecule has 10 heavy (non-hydrogen) atoms. The molecule has 0 bridgehead atoms. The molecule has 0 unspecified atom stereocenters. The van der Waals surface area contributed by atoms with E-state index >= 15 is 0 Å². The van der Waals surface area contributed by atoms with E-state index in [0.29, 0.717) is 0 Å². The van der Waals surface area contributed by atoms with Crippen molar-refractivity contribution < 1.29 is 68.3 Å². The van der Waals surface area contributed by atoms with Gasteiger partial charge in [-0.15, -0.1) is 0 Å². The van der Waals surface area contributed by atoms with Crippen LogP contribution < -0.4 is 51.4 Å². The van der Waals surface area contributed by atoms with Crippen LogP contribution in [0.25, 0.3) is 0 Å². The molecule has 53 valence electrons. The number of aromatic amines is 1. The van der Waals surface area contributed by atoms with E-state index in [0.717, 1.165) is 0 Å². The second kappa shape index (κ2) is 16.4. The smallest absolute Gasteiger partial charge is 1.00 e. The van der Waals surface area contributed by atoms with Crippen LogP contribution in [-0.4, -0.2) is 33.2 Å². The third-order valence-electron chi connectivity index (χ3n) is 0.406. The molecule has 5 N–H and O–H groups in total. The Labute approximate surface area is 103 Å². The van der Waals surface area contributed by atoms with Gasteiger partial charge < -0.3 is 21.9 Å². The second-order valence-electron chi connectivity index (χ2n) is 0.876. The first-order chi connectivity index (χ1) is 3.91. The van der Waals surface area contributed by atoms with Crippen LogP contribution in [0.2, 0.25) is 0 Å². The number of rotatable bonds is 0. The number of hydrogen-bond donors (Lipinski definition) is 3. The van der Waals surface area contributed by atoms with Gasteiger partial charge in [0.2, 0.25) is 0 Å². The molecule has 1 rings (SSSR count). The van der Waals surface area contributed by atoms with E-state index in [1.807, 2.05) is 0 Å². The van der Waals surface area contributed by atoms with Crippen LogP contribution in [0.1, 0.15) is 1.43 Å². The van der Waals surface area contributed by atoms with Crippen LogP contribution in [-0.2, 0) is 0 Å². The molecule has 5 nitrogen and oxygen atoms in total. The monoisotopic (exact) mass is 171 g/mol. The van der Waals surface area contributed by atoms with Crippen molar-refractivity contribution in [3.05, 3.63) is 18.7 Å². The van der Waals surface area contributed by atoms with Crippen LogP contribution >= 0.6 is 0 Å². The maximum atomic E-state index is 7.00. The third-order valence-corrected chi connectivity index (χ3v) is 0.406. The molecule has 0 aliphatic rings. The molecule has 0 fully saturated rings. The summed E-state index contributed by atoms with van der Waals surface area (Å²) in [6, 6.07) is 0. The summed E-state index contributed by atoms with van der Waals surface area (Å²) in [7, 11) is 0. The fourth-order valence-corrected chi connectivity index (χ4v) is 0.215. The fourth-order valence-electron chi connectivity index (χ4n) is 0.215. The van der Waals surface area contributed by atoms with Gasteiger partial charge in [0.15, 0.2) is 0 Å². The molecule has 7 heteroatoms. The average molecular weight is 171 g/mol. The van der Waals surface area contributed by atoms with Gasteiger partial charge in [0.05, 0.1) is 6.33 Å². The zero-order valence-electron chi connectivity index (χ0n) is 6.65. The normalized spacial score (nSPS) is 5.40. The number of nitrogens with zero attached hydrogens (tertiary/aromatic N) is 1. The van der Waals surface area contributed by atoms with Crippen LogP contribution in [0, 0.1) is 0 Å². The van der Waals surface area contributed by atoms with E-state index in [-0.39, 0.29) is 66.0 Å². The van der Waals surface area contributed by atoms with E-state index in [4.69, 9.17) is 10.0 Å². The van der Waals surface area contributed by atoms with Crippen LogP contribution in [0.5, 0.6) is 0 Å². The maximum Gasteiger partial charge on any atom is 1.00 e. The molecule has 1 heterocycles. The molecule has 0 saturated carbocycles. The van der Waals surface area contributed by atoms with E-state index in [1.54, 1.807) is 18.7 Å². The summed E-state index contributed by atoms with van der Waals surface area (Å²) in [6.07, 6.45) is 5.08. The summed E-state index contributed by atoms with van der Waals surface area (Å²) in [5, 5.41) is 14.0.